The van der Waals surface area contributed by atoms with Crippen LogP contribution in [0.1, 0.15) is 11.1 Å². The van der Waals surface area contributed by atoms with Crippen LogP contribution in [0.15, 0.2) is 85.2 Å². The second kappa shape index (κ2) is 10.6. The highest BCUT2D eigenvalue weighted by atomic mass is 35.5. The maximum atomic E-state index is 12.3. The normalized spacial score (nSPS) is 10.5. The van der Waals surface area contributed by atoms with Crippen molar-refractivity contribution in [1.29, 1.82) is 0 Å². The van der Waals surface area contributed by atoms with Crippen LogP contribution in [-0.4, -0.2) is 22.0 Å². The molecule has 0 bridgehead atoms. The molecule has 0 aliphatic heterocycles. The van der Waals surface area contributed by atoms with Gasteiger partial charge in [-0.25, -0.2) is 9.97 Å². The van der Waals surface area contributed by atoms with Crippen molar-refractivity contribution in [3.8, 4) is 5.75 Å². The molecule has 0 fully saturated rings. The van der Waals surface area contributed by atoms with Crippen LogP contribution in [-0.2, 0) is 13.1 Å². The van der Waals surface area contributed by atoms with Gasteiger partial charge < -0.3 is 15.0 Å². The minimum Gasteiger partial charge on any atom is -0.495 e. The third kappa shape index (κ3) is 5.41. The number of aromatic nitrogens is 2. The van der Waals surface area contributed by atoms with Crippen LogP contribution >= 0.6 is 11.6 Å². The van der Waals surface area contributed by atoms with Gasteiger partial charge in [0.25, 0.3) is 0 Å². The summed E-state index contributed by atoms with van der Waals surface area (Å²) in [6, 6.07) is 24.5. The first kappa shape index (κ1) is 23.0. The molecule has 0 aliphatic carbocycles. The van der Waals surface area contributed by atoms with E-state index in [2.05, 4.69) is 15.3 Å². The number of halogens is 1. The SMILES string of the molecule is COc1ccc(Cl)cc1Nc1ncnc(N(Cc2ccccc2)Cc2ccccc2)c1[N+](=O)[O-]. The average molecular weight is 476 g/mol. The molecule has 0 aliphatic rings. The summed E-state index contributed by atoms with van der Waals surface area (Å²) in [5.41, 5.74) is 2.21. The minimum absolute atomic E-state index is 0.0432. The third-order valence-electron chi connectivity index (χ3n) is 5.13. The van der Waals surface area contributed by atoms with E-state index < -0.39 is 4.92 Å². The Hall–Kier alpha value is -4.17. The first-order chi connectivity index (χ1) is 16.5. The lowest BCUT2D eigenvalue weighted by Crippen LogP contribution is -2.24. The summed E-state index contributed by atoms with van der Waals surface area (Å²) in [4.78, 5) is 22.2. The Bertz CT molecular complexity index is 1230. The smallest absolute Gasteiger partial charge is 0.353 e. The Morgan fingerprint density at radius 1 is 0.971 bits per heavy atom. The molecule has 1 aromatic heterocycles. The Balaban J connectivity index is 1.78. The number of nitrogens with one attached hydrogen (secondary N) is 1. The lowest BCUT2D eigenvalue weighted by atomic mass is 10.1. The first-order valence-electron chi connectivity index (χ1n) is 10.5. The van der Waals surface area contributed by atoms with Gasteiger partial charge in [0.05, 0.1) is 17.7 Å². The van der Waals surface area contributed by atoms with Crippen molar-refractivity contribution in [2.45, 2.75) is 13.1 Å². The lowest BCUT2D eigenvalue weighted by Gasteiger charge is -2.24. The van der Waals surface area contributed by atoms with E-state index in [0.29, 0.717) is 29.5 Å². The molecule has 0 saturated heterocycles. The van der Waals surface area contributed by atoms with E-state index in [1.165, 1.54) is 13.4 Å². The lowest BCUT2D eigenvalue weighted by molar-refractivity contribution is -0.383. The molecular formula is C25H22ClN5O3. The zero-order chi connectivity index (χ0) is 23.9. The largest absolute Gasteiger partial charge is 0.495 e. The summed E-state index contributed by atoms with van der Waals surface area (Å²) < 4.78 is 5.36. The van der Waals surface area contributed by atoms with Gasteiger partial charge in [-0.2, -0.15) is 0 Å². The van der Waals surface area contributed by atoms with Crippen molar-refractivity contribution in [2.75, 3.05) is 17.3 Å². The van der Waals surface area contributed by atoms with Crippen LogP contribution in [0.2, 0.25) is 5.02 Å². The number of nitrogens with zero attached hydrogens (tertiary/aromatic N) is 4. The molecule has 0 atom stereocenters. The quantitative estimate of drug-likeness (QED) is 0.234. The van der Waals surface area contributed by atoms with Crippen LogP contribution in [0.3, 0.4) is 0 Å². The fourth-order valence-corrected chi connectivity index (χ4v) is 3.75. The molecule has 3 aromatic carbocycles. The van der Waals surface area contributed by atoms with Crippen molar-refractivity contribution in [3.63, 3.8) is 0 Å². The Morgan fingerprint density at radius 2 is 1.59 bits per heavy atom. The Morgan fingerprint density at radius 3 is 2.15 bits per heavy atom. The van der Waals surface area contributed by atoms with Crippen LogP contribution in [0, 0.1) is 10.1 Å². The summed E-state index contributed by atoms with van der Waals surface area (Å²) in [6.07, 6.45) is 1.31. The van der Waals surface area contributed by atoms with Gasteiger partial charge in [0.15, 0.2) is 0 Å². The summed E-state index contributed by atoms with van der Waals surface area (Å²) in [5, 5.41) is 15.7. The molecule has 4 aromatic rings. The van der Waals surface area contributed by atoms with Crippen LogP contribution in [0.4, 0.5) is 23.0 Å². The summed E-state index contributed by atoms with van der Waals surface area (Å²) in [6.45, 7) is 0.848. The number of nitro groups is 1. The number of ether oxygens (including phenoxy) is 1. The second-order valence-corrected chi connectivity index (χ2v) is 7.88. The standard InChI is InChI=1S/C25H22ClN5O3/c1-34-22-13-12-20(26)14-21(22)29-24-23(31(32)33)25(28-17-27-24)30(15-18-8-4-2-5-9-18)16-19-10-6-3-7-11-19/h2-14,17H,15-16H2,1H3,(H,27,28,29). The molecule has 172 valence electrons. The van der Waals surface area contributed by atoms with Gasteiger partial charge in [0, 0.05) is 18.1 Å². The maximum absolute atomic E-state index is 12.3. The van der Waals surface area contributed by atoms with Gasteiger partial charge in [-0.3, -0.25) is 10.1 Å². The summed E-state index contributed by atoms with van der Waals surface area (Å²) in [5.74, 6) is 0.724. The minimum atomic E-state index is -0.475. The van der Waals surface area contributed by atoms with Crippen LogP contribution in [0.5, 0.6) is 5.75 Å². The fraction of sp³-hybridized carbons (Fsp3) is 0.120. The molecule has 0 amide bonds. The van der Waals surface area contributed by atoms with E-state index in [-0.39, 0.29) is 17.3 Å². The van der Waals surface area contributed by atoms with Gasteiger partial charge in [-0.1, -0.05) is 72.3 Å². The van der Waals surface area contributed by atoms with Crippen molar-refractivity contribution < 1.29 is 9.66 Å². The van der Waals surface area contributed by atoms with Crippen molar-refractivity contribution in [2.24, 2.45) is 0 Å². The zero-order valence-corrected chi connectivity index (χ0v) is 19.1. The van der Waals surface area contributed by atoms with Crippen molar-refractivity contribution in [1.82, 2.24) is 9.97 Å². The number of hydrogen-bond donors (Lipinski definition) is 1. The van der Waals surface area contributed by atoms with E-state index in [0.717, 1.165) is 11.1 Å². The topological polar surface area (TPSA) is 93.4 Å². The molecule has 1 heterocycles. The zero-order valence-electron chi connectivity index (χ0n) is 18.4. The summed E-state index contributed by atoms with van der Waals surface area (Å²) >= 11 is 6.13. The van der Waals surface area contributed by atoms with E-state index in [9.17, 15) is 10.1 Å². The highest BCUT2D eigenvalue weighted by Gasteiger charge is 2.28. The summed E-state index contributed by atoms with van der Waals surface area (Å²) in [7, 11) is 1.51. The predicted molar refractivity (Wildman–Crippen MR) is 133 cm³/mol. The highest BCUT2D eigenvalue weighted by Crippen LogP contribution is 2.37. The number of rotatable bonds is 9. The number of hydrogen-bond acceptors (Lipinski definition) is 7. The van der Waals surface area contributed by atoms with Gasteiger partial charge in [-0.05, 0) is 29.3 Å². The van der Waals surface area contributed by atoms with E-state index >= 15 is 0 Å². The molecule has 0 spiro atoms. The molecule has 4 rings (SSSR count). The molecular weight excluding hydrogens is 454 g/mol. The monoisotopic (exact) mass is 475 g/mol. The molecule has 34 heavy (non-hydrogen) atoms. The van der Waals surface area contributed by atoms with Crippen molar-refractivity contribution in [3.05, 3.63) is 111 Å². The van der Waals surface area contributed by atoms with Crippen molar-refractivity contribution >= 4 is 34.6 Å². The van der Waals surface area contributed by atoms with Gasteiger partial charge in [-0.15, -0.1) is 0 Å². The number of methoxy groups -OCH3 is 1. The Labute approximate surface area is 202 Å². The molecule has 0 saturated carbocycles. The third-order valence-corrected chi connectivity index (χ3v) is 5.37. The molecule has 1 N–H and O–H groups in total. The molecule has 0 unspecified atom stereocenters. The van der Waals surface area contributed by atoms with Gasteiger partial charge >= 0.3 is 5.69 Å². The van der Waals surface area contributed by atoms with Gasteiger partial charge in [0.2, 0.25) is 11.6 Å². The highest BCUT2D eigenvalue weighted by molar-refractivity contribution is 6.31. The predicted octanol–water partition coefficient (Wildman–Crippen LogP) is 6.00. The molecule has 0 radical (unpaired) electrons. The Kier molecular flexibility index (Phi) is 7.19. The van der Waals surface area contributed by atoms with E-state index in [4.69, 9.17) is 16.3 Å². The molecule has 8 nitrogen and oxygen atoms in total. The van der Waals surface area contributed by atoms with Crippen LogP contribution in [0.25, 0.3) is 0 Å². The molecule has 9 heteroatoms. The second-order valence-electron chi connectivity index (χ2n) is 7.45. The van der Waals surface area contributed by atoms with Crippen LogP contribution < -0.4 is 15.0 Å². The average Bonchev–Trinajstić information content (AvgIpc) is 2.85. The van der Waals surface area contributed by atoms with E-state index in [1.54, 1.807) is 18.2 Å². The first-order valence-corrected chi connectivity index (χ1v) is 10.9. The van der Waals surface area contributed by atoms with E-state index in [1.807, 2.05) is 65.6 Å². The number of anilines is 3. The number of benzene rings is 3. The fourth-order valence-electron chi connectivity index (χ4n) is 3.58. The van der Waals surface area contributed by atoms with Gasteiger partial charge in [0.1, 0.15) is 12.1 Å². The maximum Gasteiger partial charge on any atom is 0.353 e.